The second kappa shape index (κ2) is 18.9. The fraction of sp³-hybridized carbons (Fsp3) is 0.354. The summed E-state index contributed by atoms with van der Waals surface area (Å²) < 4.78 is 16.9. The molecule has 0 unspecified atom stereocenters. The van der Waals surface area contributed by atoms with E-state index in [2.05, 4.69) is 23.2 Å². The van der Waals surface area contributed by atoms with Gasteiger partial charge in [-0.05, 0) is 98.4 Å². The molecule has 1 fully saturated rings. The number of fused-ring (bicyclic) bond motifs is 1. The third kappa shape index (κ3) is 10.7. The van der Waals surface area contributed by atoms with E-state index in [1.807, 2.05) is 91.9 Å². The molecule has 302 valence electrons. The number of methoxy groups -OCH3 is 1. The first-order valence-corrected chi connectivity index (χ1v) is 20.0. The fourth-order valence-electron chi connectivity index (χ4n) is 7.51. The lowest BCUT2D eigenvalue weighted by atomic mass is 9.87. The molecule has 0 aliphatic carbocycles. The molecular formula is C48H53N3O7. The Morgan fingerprint density at radius 2 is 1.60 bits per heavy atom. The lowest BCUT2D eigenvalue weighted by Crippen LogP contribution is -2.42. The number of benzene rings is 4. The van der Waals surface area contributed by atoms with Crippen molar-refractivity contribution in [2.75, 3.05) is 25.1 Å². The predicted octanol–water partition coefficient (Wildman–Crippen LogP) is 9.61. The monoisotopic (exact) mass is 783 g/mol. The zero-order valence-electron chi connectivity index (χ0n) is 34.1. The summed E-state index contributed by atoms with van der Waals surface area (Å²) in [6, 6.07) is 33.4. The van der Waals surface area contributed by atoms with Crippen LogP contribution in [0.5, 0.6) is 5.75 Å². The maximum Gasteiger partial charge on any atom is 0.416 e. The summed E-state index contributed by atoms with van der Waals surface area (Å²) >= 11 is 0. The molecule has 0 spiro atoms. The Balaban J connectivity index is 1.13. The summed E-state index contributed by atoms with van der Waals surface area (Å²) in [6.07, 6.45) is 3.00. The minimum atomic E-state index is -0.703. The zero-order valence-corrected chi connectivity index (χ0v) is 34.1. The minimum Gasteiger partial charge on any atom is -0.488 e. The van der Waals surface area contributed by atoms with Gasteiger partial charge in [-0.1, -0.05) is 84.9 Å². The van der Waals surface area contributed by atoms with E-state index in [1.54, 1.807) is 31.9 Å². The van der Waals surface area contributed by atoms with E-state index in [4.69, 9.17) is 14.2 Å². The van der Waals surface area contributed by atoms with E-state index in [0.29, 0.717) is 38.2 Å². The highest BCUT2D eigenvalue weighted by Crippen LogP contribution is 2.36. The molecule has 1 saturated heterocycles. The highest BCUT2D eigenvalue weighted by molar-refractivity contribution is 6.00. The number of aromatic nitrogens is 1. The van der Waals surface area contributed by atoms with Gasteiger partial charge in [0.1, 0.15) is 23.8 Å². The molecule has 5 aromatic rings. The number of esters is 1. The number of pyridine rings is 1. The second-order valence-electron chi connectivity index (χ2n) is 15.9. The van der Waals surface area contributed by atoms with Crippen molar-refractivity contribution in [3.8, 4) is 16.9 Å². The van der Waals surface area contributed by atoms with Crippen LogP contribution in [0.25, 0.3) is 21.9 Å². The number of carbonyl (C=O) groups is 4. The number of likely N-dealkylation sites (tertiary alicyclic amines) is 1. The summed E-state index contributed by atoms with van der Waals surface area (Å²) in [5, 5.41) is 2.06. The first kappa shape index (κ1) is 41.6. The van der Waals surface area contributed by atoms with Crippen LogP contribution in [0, 0.1) is 6.92 Å². The van der Waals surface area contributed by atoms with E-state index in [-0.39, 0.29) is 37.5 Å². The number of anilines is 1. The zero-order chi connectivity index (χ0) is 41.2. The van der Waals surface area contributed by atoms with Gasteiger partial charge in [-0.2, -0.15) is 0 Å². The lowest BCUT2D eigenvalue weighted by Gasteiger charge is -2.28. The van der Waals surface area contributed by atoms with Crippen molar-refractivity contribution < 1.29 is 33.4 Å². The van der Waals surface area contributed by atoms with E-state index < -0.39 is 29.6 Å². The number of ether oxygens (including phenoxy) is 3. The largest absolute Gasteiger partial charge is 0.488 e. The molecule has 1 aromatic heterocycles. The number of amides is 2. The number of carbonyl (C=O) groups excluding carboxylic acids is 4. The van der Waals surface area contributed by atoms with Gasteiger partial charge in [0.05, 0.1) is 19.6 Å². The predicted molar refractivity (Wildman–Crippen MR) is 226 cm³/mol. The summed E-state index contributed by atoms with van der Waals surface area (Å²) in [6.45, 7) is 8.49. The molecule has 0 saturated carbocycles. The fourth-order valence-corrected chi connectivity index (χ4v) is 7.51. The molecule has 1 aliphatic heterocycles. The van der Waals surface area contributed by atoms with Crippen LogP contribution in [0.2, 0.25) is 0 Å². The molecule has 0 N–H and O–H groups in total. The topological polar surface area (TPSA) is 115 Å². The third-order valence-electron chi connectivity index (χ3n) is 10.4. The first-order valence-electron chi connectivity index (χ1n) is 20.0. The molecule has 1 aliphatic rings. The average Bonchev–Trinajstić information content (AvgIpc) is 3.72. The number of Topliss-reactive ketones (excluding diaryl/α,β-unsaturated/α-hetero) is 1. The molecule has 6 rings (SSSR count). The molecule has 0 bridgehead atoms. The maximum absolute atomic E-state index is 14.0. The molecule has 4 aromatic carbocycles. The summed E-state index contributed by atoms with van der Waals surface area (Å²) in [5.74, 6) is 0.196. The molecule has 2 atom stereocenters. The summed E-state index contributed by atoms with van der Waals surface area (Å²) in [7, 11) is 1.35. The standard InChI is InChI=1S/C48H53N3O7/c1-33-25-26-49-44(29-33)51(47(55)58-48(2,3)4)28-12-18-45(53)50-27-11-17-41(50)42(52)30-37(31-46(54)56-5)35-19-21-36(22-20-35)38-23-24-43(40-16-10-9-15-39(38)40)57-32-34-13-7-6-8-14-34/h6-10,13-16,19-26,29,37,41H,11-12,17-18,27-28,30-32H2,1-5H3/t37-,41-/m0/s1. The second-order valence-corrected chi connectivity index (χ2v) is 15.9. The molecule has 2 heterocycles. The number of rotatable bonds is 15. The first-order chi connectivity index (χ1) is 27.9. The van der Waals surface area contributed by atoms with Gasteiger partial charge in [-0.3, -0.25) is 19.3 Å². The van der Waals surface area contributed by atoms with Gasteiger partial charge in [-0.15, -0.1) is 0 Å². The van der Waals surface area contributed by atoms with Gasteiger partial charge in [0.25, 0.3) is 0 Å². The number of hydrogen-bond donors (Lipinski definition) is 0. The highest BCUT2D eigenvalue weighted by Gasteiger charge is 2.35. The van der Waals surface area contributed by atoms with Crippen molar-refractivity contribution >= 4 is 40.3 Å². The molecule has 10 nitrogen and oxygen atoms in total. The quantitative estimate of drug-likeness (QED) is 0.0965. The number of ketones is 1. The van der Waals surface area contributed by atoms with Gasteiger partial charge in [-0.25, -0.2) is 9.78 Å². The van der Waals surface area contributed by atoms with Crippen LogP contribution < -0.4 is 9.64 Å². The Bertz CT molecular complexity index is 2210. The van der Waals surface area contributed by atoms with Gasteiger partial charge >= 0.3 is 12.1 Å². The number of nitrogens with zero attached hydrogens (tertiary/aromatic N) is 3. The number of aryl methyl sites for hydroxylation is 1. The van der Waals surface area contributed by atoms with E-state index in [0.717, 1.165) is 44.3 Å². The Kier molecular flexibility index (Phi) is 13.6. The lowest BCUT2D eigenvalue weighted by molar-refractivity contribution is -0.141. The number of hydrogen-bond acceptors (Lipinski definition) is 8. The van der Waals surface area contributed by atoms with Crippen LogP contribution in [-0.4, -0.2) is 65.5 Å². The van der Waals surface area contributed by atoms with Crippen LogP contribution >= 0.6 is 0 Å². The van der Waals surface area contributed by atoms with E-state index in [1.165, 1.54) is 12.0 Å². The van der Waals surface area contributed by atoms with Crippen LogP contribution in [0.4, 0.5) is 10.6 Å². The Morgan fingerprint density at radius 3 is 2.31 bits per heavy atom. The van der Waals surface area contributed by atoms with Crippen molar-refractivity contribution in [2.24, 2.45) is 0 Å². The average molecular weight is 784 g/mol. The van der Waals surface area contributed by atoms with Gasteiger partial charge < -0.3 is 19.1 Å². The molecular weight excluding hydrogens is 731 g/mol. The van der Waals surface area contributed by atoms with Crippen molar-refractivity contribution in [1.82, 2.24) is 9.88 Å². The molecule has 0 radical (unpaired) electrons. The van der Waals surface area contributed by atoms with Gasteiger partial charge in [0, 0.05) is 43.4 Å². The normalized spacial score (nSPS) is 14.5. The van der Waals surface area contributed by atoms with Crippen molar-refractivity contribution in [2.45, 2.75) is 90.4 Å². The minimum absolute atomic E-state index is 0.0339. The summed E-state index contributed by atoms with van der Waals surface area (Å²) in [5.41, 5.74) is 4.21. The van der Waals surface area contributed by atoms with Crippen molar-refractivity contribution in [1.29, 1.82) is 0 Å². The SMILES string of the molecule is COC(=O)C[C@H](CC(=O)[C@@H]1CCCN1C(=O)CCCN(C(=O)OC(C)(C)C)c1cc(C)ccn1)c1ccc(-c2ccc(OCc3ccccc3)c3ccccc23)cc1. The Labute approximate surface area is 341 Å². The maximum atomic E-state index is 14.0. The van der Waals surface area contributed by atoms with E-state index >= 15 is 0 Å². The van der Waals surface area contributed by atoms with Crippen LogP contribution in [0.1, 0.15) is 81.9 Å². The third-order valence-corrected chi connectivity index (χ3v) is 10.4. The van der Waals surface area contributed by atoms with Crippen molar-refractivity contribution in [3.05, 3.63) is 126 Å². The van der Waals surface area contributed by atoms with Gasteiger partial charge in [0.2, 0.25) is 5.91 Å². The van der Waals surface area contributed by atoms with Gasteiger partial charge in [0.15, 0.2) is 5.78 Å². The molecule has 58 heavy (non-hydrogen) atoms. The Hall–Kier alpha value is -6.03. The molecule has 2 amide bonds. The van der Waals surface area contributed by atoms with Crippen LogP contribution in [-0.2, 0) is 30.5 Å². The van der Waals surface area contributed by atoms with Crippen molar-refractivity contribution in [3.63, 3.8) is 0 Å². The summed E-state index contributed by atoms with van der Waals surface area (Å²) in [4.78, 5) is 61.0. The van der Waals surface area contributed by atoms with E-state index in [9.17, 15) is 19.2 Å². The molecule has 10 heteroatoms. The smallest absolute Gasteiger partial charge is 0.416 e. The Morgan fingerprint density at radius 1 is 0.879 bits per heavy atom. The highest BCUT2D eigenvalue weighted by atomic mass is 16.6. The van der Waals surface area contributed by atoms with Crippen LogP contribution in [0.15, 0.2) is 109 Å². The van der Waals surface area contributed by atoms with Crippen LogP contribution in [0.3, 0.4) is 0 Å².